The maximum Gasteiger partial charge on any atom is 0.208 e. The van der Waals surface area contributed by atoms with Crippen LogP contribution in [0, 0.1) is 5.92 Å². The van der Waals surface area contributed by atoms with Crippen LogP contribution in [0.3, 0.4) is 0 Å². The smallest absolute Gasteiger partial charge is 0.208 e. The summed E-state index contributed by atoms with van der Waals surface area (Å²) in [6, 6.07) is 0. The fourth-order valence-electron chi connectivity index (χ4n) is 0.998. The first-order valence-corrected chi connectivity index (χ1v) is 5.33. The van der Waals surface area contributed by atoms with Crippen LogP contribution in [0.25, 0.3) is 0 Å². The second kappa shape index (κ2) is 2.91. The molecule has 1 aliphatic carbocycles. The number of Topliss-reactive ketones (excluding diaryl/α,β-unsaturated/α-hetero) is 1. The Bertz CT molecular complexity index is 249. The average molecular weight is 177 g/mol. The molecule has 0 heterocycles. The molecule has 1 fully saturated rings. The summed E-state index contributed by atoms with van der Waals surface area (Å²) in [7, 11) is -3.07. The number of ketones is 1. The molecule has 0 unspecified atom stereocenters. The van der Waals surface area contributed by atoms with Crippen molar-refractivity contribution in [2.45, 2.75) is 12.8 Å². The molecule has 0 aromatic carbocycles. The van der Waals surface area contributed by atoms with Crippen LogP contribution in [0.5, 0.6) is 0 Å². The SMILES string of the molecule is CS(=O)(=O)NCC1CC(=O)C1. The molecular weight excluding hydrogens is 166 g/mol. The van der Waals surface area contributed by atoms with Crippen LogP contribution in [0.2, 0.25) is 0 Å². The maximum atomic E-state index is 10.6. The average Bonchev–Trinajstić information content (AvgIpc) is 1.75. The Morgan fingerprint density at radius 3 is 2.45 bits per heavy atom. The molecular formula is C6H11NO3S. The molecule has 0 aliphatic heterocycles. The Kier molecular flexibility index (Phi) is 2.29. The first-order valence-electron chi connectivity index (χ1n) is 3.44. The second-order valence-electron chi connectivity index (χ2n) is 2.93. The summed E-state index contributed by atoms with van der Waals surface area (Å²) in [6.07, 6.45) is 2.18. The minimum atomic E-state index is -3.07. The van der Waals surface area contributed by atoms with Crippen molar-refractivity contribution in [2.24, 2.45) is 5.92 Å². The van der Waals surface area contributed by atoms with Gasteiger partial charge in [0.1, 0.15) is 5.78 Å². The van der Waals surface area contributed by atoms with Crippen LogP contribution in [-0.2, 0) is 14.8 Å². The van der Waals surface area contributed by atoms with Gasteiger partial charge in [-0.3, -0.25) is 4.79 Å². The monoisotopic (exact) mass is 177 g/mol. The number of carbonyl (C=O) groups excluding carboxylic acids is 1. The number of hydrogen-bond acceptors (Lipinski definition) is 3. The van der Waals surface area contributed by atoms with Crippen LogP contribution >= 0.6 is 0 Å². The van der Waals surface area contributed by atoms with Gasteiger partial charge in [0.25, 0.3) is 0 Å². The number of sulfonamides is 1. The minimum Gasteiger partial charge on any atom is -0.300 e. The van der Waals surface area contributed by atoms with Crippen molar-refractivity contribution in [1.82, 2.24) is 4.72 Å². The Morgan fingerprint density at radius 1 is 1.55 bits per heavy atom. The zero-order chi connectivity index (χ0) is 8.48. The van der Waals surface area contributed by atoms with E-state index in [9.17, 15) is 13.2 Å². The quantitative estimate of drug-likeness (QED) is 0.633. The summed E-state index contributed by atoms with van der Waals surface area (Å²) in [5.41, 5.74) is 0. The van der Waals surface area contributed by atoms with E-state index in [0.29, 0.717) is 19.4 Å². The van der Waals surface area contributed by atoms with Crippen LogP contribution < -0.4 is 4.72 Å². The summed E-state index contributed by atoms with van der Waals surface area (Å²) in [5.74, 6) is 0.461. The highest BCUT2D eigenvalue weighted by molar-refractivity contribution is 7.88. The van der Waals surface area contributed by atoms with Gasteiger partial charge in [-0.1, -0.05) is 0 Å². The van der Waals surface area contributed by atoms with Gasteiger partial charge in [-0.25, -0.2) is 13.1 Å². The summed E-state index contributed by atoms with van der Waals surface area (Å²) < 4.78 is 23.5. The van der Waals surface area contributed by atoms with Gasteiger partial charge in [0.2, 0.25) is 10.0 Å². The van der Waals surface area contributed by atoms with Crippen LogP contribution in [0.1, 0.15) is 12.8 Å². The van der Waals surface area contributed by atoms with Gasteiger partial charge in [0.05, 0.1) is 6.26 Å². The Labute approximate surface area is 66.0 Å². The molecule has 1 N–H and O–H groups in total. The van der Waals surface area contributed by atoms with Crippen LogP contribution in [0.15, 0.2) is 0 Å². The van der Waals surface area contributed by atoms with Gasteiger partial charge < -0.3 is 0 Å². The zero-order valence-corrected chi connectivity index (χ0v) is 7.15. The fourth-order valence-corrected chi connectivity index (χ4v) is 1.54. The lowest BCUT2D eigenvalue weighted by Gasteiger charge is -2.23. The molecule has 5 heteroatoms. The number of rotatable bonds is 3. The Balaban J connectivity index is 2.20. The minimum absolute atomic E-state index is 0.227. The molecule has 1 rings (SSSR count). The standard InChI is InChI=1S/C6H11NO3S/c1-11(9,10)7-4-5-2-6(8)3-5/h5,7H,2-4H2,1H3. The van der Waals surface area contributed by atoms with E-state index in [1.165, 1.54) is 0 Å². The van der Waals surface area contributed by atoms with Crippen molar-refractivity contribution in [2.75, 3.05) is 12.8 Å². The predicted octanol–water partition coefficient (Wildman–Crippen LogP) is -0.485. The summed E-state index contributed by atoms with van der Waals surface area (Å²) in [6.45, 7) is 0.407. The molecule has 1 saturated carbocycles. The molecule has 11 heavy (non-hydrogen) atoms. The van der Waals surface area contributed by atoms with Gasteiger partial charge in [-0.2, -0.15) is 0 Å². The summed E-state index contributed by atoms with van der Waals surface area (Å²) >= 11 is 0. The molecule has 0 aromatic rings. The van der Waals surface area contributed by atoms with Crippen LogP contribution in [0.4, 0.5) is 0 Å². The second-order valence-corrected chi connectivity index (χ2v) is 4.77. The first-order chi connectivity index (χ1) is 4.97. The largest absolute Gasteiger partial charge is 0.300 e. The highest BCUT2D eigenvalue weighted by Gasteiger charge is 2.26. The van der Waals surface area contributed by atoms with Gasteiger partial charge in [-0.15, -0.1) is 0 Å². The molecule has 0 amide bonds. The van der Waals surface area contributed by atoms with E-state index in [1.54, 1.807) is 0 Å². The number of hydrogen-bond donors (Lipinski definition) is 1. The topological polar surface area (TPSA) is 63.2 Å². The van der Waals surface area contributed by atoms with Crippen molar-refractivity contribution < 1.29 is 13.2 Å². The molecule has 0 radical (unpaired) electrons. The molecule has 1 aliphatic rings. The van der Waals surface area contributed by atoms with E-state index in [1.807, 2.05) is 0 Å². The molecule has 4 nitrogen and oxygen atoms in total. The lowest BCUT2D eigenvalue weighted by molar-refractivity contribution is -0.126. The van der Waals surface area contributed by atoms with Crippen LogP contribution in [-0.4, -0.2) is 27.0 Å². The van der Waals surface area contributed by atoms with Gasteiger partial charge >= 0.3 is 0 Å². The highest BCUT2D eigenvalue weighted by atomic mass is 32.2. The molecule has 0 aromatic heterocycles. The van der Waals surface area contributed by atoms with E-state index in [2.05, 4.69) is 4.72 Å². The van der Waals surface area contributed by atoms with Gasteiger partial charge in [0, 0.05) is 19.4 Å². The maximum absolute atomic E-state index is 10.6. The van der Waals surface area contributed by atoms with E-state index < -0.39 is 10.0 Å². The van der Waals surface area contributed by atoms with E-state index in [4.69, 9.17) is 0 Å². The van der Waals surface area contributed by atoms with Crippen molar-refractivity contribution in [3.63, 3.8) is 0 Å². The van der Waals surface area contributed by atoms with Crippen molar-refractivity contribution >= 4 is 15.8 Å². The Hall–Kier alpha value is -0.420. The first kappa shape index (κ1) is 8.67. The number of carbonyl (C=O) groups is 1. The molecule has 64 valence electrons. The highest BCUT2D eigenvalue weighted by Crippen LogP contribution is 2.21. The molecule has 0 saturated heterocycles. The fraction of sp³-hybridized carbons (Fsp3) is 0.833. The van der Waals surface area contributed by atoms with Gasteiger partial charge in [-0.05, 0) is 5.92 Å². The van der Waals surface area contributed by atoms with E-state index in [0.717, 1.165) is 6.26 Å². The molecule has 0 bridgehead atoms. The number of nitrogens with one attached hydrogen (secondary N) is 1. The lowest BCUT2D eigenvalue weighted by Crippen LogP contribution is -2.35. The zero-order valence-electron chi connectivity index (χ0n) is 6.33. The third-order valence-electron chi connectivity index (χ3n) is 1.67. The van der Waals surface area contributed by atoms with Crippen molar-refractivity contribution in [1.29, 1.82) is 0 Å². The molecule has 0 spiro atoms. The summed E-state index contributed by atoms with van der Waals surface area (Å²) in [4.78, 5) is 10.5. The predicted molar refractivity (Wildman–Crippen MR) is 40.6 cm³/mol. The van der Waals surface area contributed by atoms with Gasteiger partial charge in [0.15, 0.2) is 0 Å². The van der Waals surface area contributed by atoms with Crippen molar-refractivity contribution in [3.8, 4) is 0 Å². The third kappa shape index (κ3) is 2.98. The lowest BCUT2D eigenvalue weighted by atomic mass is 9.84. The van der Waals surface area contributed by atoms with E-state index >= 15 is 0 Å². The summed E-state index contributed by atoms with van der Waals surface area (Å²) in [5, 5.41) is 0. The third-order valence-corrected chi connectivity index (χ3v) is 2.36. The Morgan fingerprint density at radius 2 is 2.09 bits per heavy atom. The van der Waals surface area contributed by atoms with E-state index in [-0.39, 0.29) is 11.7 Å². The normalized spacial score (nSPS) is 19.9. The van der Waals surface area contributed by atoms with Crippen molar-refractivity contribution in [3.05, 3.63) is 0 Å². The molecule has 0 atom stereocenters.